The fourth-order valence-corrected chi connectivity index (χ4v) is 2.72. The van der Waals surface area contributed by atoms with Gasteiger partial charge in [0, 0.05) is 0 Å². The number of carbonyl (C=O) groups excluding carboxylic acids is 1. The molecule has 0 spiro atoms. The van der Waals surface area contributed by atoms with Gasteiger partial charge in [-0.3, -0.25) is 4.79 Å². The highest BCUT2D eigenvalue weighted by Gasteiger charge is 2.14. The zero-order valence-corrected chi connectivity index (χ0v) is 12.4. The van der Waals surface area contributed by atoms with Crippen molar-refractivity contribution in [2.45, 2.75) is 26.5 Å². The van der Waals surface area contributed by atoms with Gasteiger partial charge in [0.25, 0.3) is 5.91 Å². The number of benzene rings is 1. The molecule has 112 valence electrons. The van der Waals surface area contributed by atoms with Crippen molar-refractivity contribution in [1.29, 1.82) is 0 Å². The van der Waals surface area contributed by atoms with Gasteiger partial charge in [-0.25, -0.2) is 0 Å². The summed E-state index contributed by atoms with van der Waals surface area (Å²) >= 11 is 1.39. The van der Waals surface area contributed by atoms with E-state index in [1.165, 1.54) is 23.5 Å². The lowest BCUT2D eigenvalue weighted by Gasteiger charge is -2.14. The van der Waals surface area contributed by atoms with Crippen LogP contribution >= 0.6 is 11.3 Å². The molecular formula is C15H15F2NO2S. The van der Waals surface area contributed by atoms with Gasteiger partial charge < -0.3 is 10.1 Å². The molecule has 0 aliphatic heterocycles. The van der Waals surface area contributed by atoms with Gasteiger partial charge in [0.15, 0.2) is 0 Å². The molecule has 1 amide bonds. The molecule has 1 unspecified atom stereocenters. The Morgan fingerprint density at radius 3 is 2.43 bits per heavy atom. The SMILES string of the molecule is Cc1ccsc1C(=O)NC(C)c1ccc(OC(F)F)cc1. The molecule has 21 heavy (non-hydrogen) atoms. The number of aryl methyl sites for hydroxylation is 1. The minimum absolute atomic E-state index is 0.0985. The molecule has 1 aromatic heterocycles. The maximum Gasteiger partial charge on any atom is 0.387 e. The molecule has 2 rings (SSSR count). The van der Waals surface area contributed by atoms with Gasteiger partial charge in [0.1, 0.15) is 5.75 Å². The Hall–Kier alpha value is -1.95. The van der Waals surface area contributed by atoms with E-state index < -0.39 is 6.61 Å². The number of nitrogens with one attached hydrogen (secondary N) is 1. The van der Waals surface area contributed by atoms with Crippen molar-refractivity contribution in [3.8, 4) is 5.75 Å². The summed E-state index contributed by atoms with van der Waals surface area (Å²) in [5.74, 6) is -0.0377. The normalized spacial score (nSPS) is 12.2. The van der Waals surface area contributed by atoms with Crippen LogP contribution in [0.15, 0.2) is 35.7 Å². The number of halogens is 2. The minimum atomic E-state index is -2.84. The molecular weight excluding hydrogens is 296 g/mol. The first-order valence-electron chi connectivity index (χ1n) is 6.37. The number of thiophene rings is 1. The Morgan fingerprint density at radius 2 is 1.90 bits per heavy atom. The lowest BCUT2D eigenvalue weighted by atomic mass is 10.1. The second-order valence-corrected chi connectivity index (χ2v) is 5.49. The molecule has 0 bridgehead atoms. The molecule has 3 nitrogen and oxygen atoms in total. The highest BCUT2D eigenvalue weighted by Crippen LogP contribution is 2.21. The number of hydrogen-bond donors (Lipinski definition) is 1. The van der Waals surface area contributed by atoms with E-state index in [-0.39, 0.29) is 17.7 Å². The van der Waals surface area contributed by atoms with E-state index in [9.17, 15) is 13.6 Å². The smallest absolute Gasteiger partial charge is 0.387 e. The first kappa shape index (κ1) is 15.4. The van der Waals surface area contributed by atoms with Crippen molar-refractivity contribution in [3.63, 3.8) is 0 Å². The van der Waals surface area contributed by atoms with Gasteiger partial charge in [0.05, 0.1) is 10.9 Å². The first-order chi connectivity index (χ1) is 9.97. The zero-order chi connectivity index (χ0) is 15.4. The van der Waals surface area contributed by atoms with E-state index in [1.807, 2.05) is 25.3 Å². The van der Waals surface area contributed by atoms with E-state index in [0.717, 1.165) is 11.1 Å². The molecule has 0 aliphatic rings. The van der Waals surface area contributed by atoms with Crippen molar-refractivity contribution in [1.82, 2.24) is 5.32 Å². The second kappa shape index (κ2) is 6.67. The number of ether oxygens (including phenoxy) is 1. The van der Waals surface area contributed by atoms with Crippen LogP contribution in [0.25, 0.3) is 0 Å². The lowest BCUT2D eigenvalue weighted by molar-refractivity contribution is -0.0498. The van der Waals surface area contributed by atoms with E-state index in [1.54, 1.807) is 12.1 Å². The van der Waals surface area contributed by atoms with Crippen LogP contribution in [0.3, 0.4) is 0 Å². The number of carbonyl (C=O) groups is 1. The van der Waals surface area contributed by atoms with Crippen LogP contribution in [0.5, 0.6) is 5.75 Å². The lowest BCUT2D eigenvalue weighted by Crippen LogP contribution is -2.26. The Labute approximate surface area is 125 Å². The monoisotopic (exact) mass is 311 g/mol. The molecule has 0 radical (unpaired) electrons. The van der Waals surface area contributed by atoms with Crippen molar-refractivity contribution in [2.75, 3.05) is 0 Å². The fourth-order valence-electron chi connectivity index (χ4n) is 1.89. The molecule has 1 atom stereocenters. The van der Waals surface area contributed by atoms with Crippen LogP contribution in [0.2, 0.25) is 0 Å². The first-order valence-corrected chi connectivity index (χ1v) is 7.25. The Bertz CT molecular complexity index is 610. The third-order valence-corrected chi connectivity index (χ3v) is 4.04. The highest BCUT2D eigenvalue weighted by molar-refractivity contribution is 7.12. The molecule has 1 aromatic carbocycles. The maximum atomic E-state index is 12.1. The van der Waals surface area contributed by atoms with E-state index >= 15 is 0 Å². The maximum absolute atomic E-state index is 12.1. The van der Waals surface area contributed by atoms with Crippen LogP contribution in [0.1, 0.15) is 33.8 Å². The Balaban J connectivity index is 2.01. The summed E-state index contributed by atoms with van der Waals surface area (Å²) in [6, 6.07) is 7.90. The van der Waals surface area contributed by atoms with Gasteiger partial charge in [0.2, 0.25) is 0 Å². The van der Waals surface area contributed by atoms with Crippen LogP contribution in [-0.4, -0.2) is 12.5 Å². The number of hydrogen-bond acceptors (Lipinski definition) is 3. The summed E-state index contributed by atoms with van der Waals surface area (Å²) in [6.45, 7) is 0.880. The predicted octanol–water partition coefficient (Wildman–Crippen LogP) is 4.15. The molecule has 0 saturated carbocycles. The van der Waals surface area contributed by atoms with Crippen LogP contribution in [-0.2, 0) is 0 Å². The Morgan fingerprint density at radius 1 is 1.24 bits per heavy atom. The molecule has 0 fully saturated rings. The van der Waals surface area contributed by atoms with Crippen LogP contribution < -0.4 is 10.1 Å². The third-order valence-electron chi connectivity index (χ3n) is 3.02. The third kappa shape index (κ3) is 4.01. The summed E-state index contributed by atoms with van der Waals surface area (Å²) < 4.78 is 28.4. The molecule has 2 aromatic rings. The largest absolute Gasteiger partial charge is 0.435 e. The molecule has 6 heteroatoms. The average Bonchev–Trinajstić information content (AvgIpc) is 2.85. The molecule has 1 heterocycles. The summed E-state index contributed by atoms with van der Waals surface area (Å²) in [6.07, 6.45) is 0. The van der Waals surface area contributed by atoms with Crippen molar-refractivity contribution < 1.29 is 18.3 Å². The summed E-state index contributed by atoms with van der Waals surface area (Å²) in [5.41, 5.74) is 1.75. The van der Waals surface area contributed by atoms with E-state index in [2.05, 4.69) is 10.1 Å². The number of amides is 1. The standard InChI is InChI=1S/C15H15F2NO2S/c1-9-7-8-21-13(9)14(19)18-10(2)11-3-5-12(6-4-11)20-15(16)17/h3-8,10,15H,1-2H3,(H,18,19). The van der Waals surface area contributed by atoms with Crippen LogP contribution in [0.4, 0.5) is 8.78 Å². The summed E-state index contributed by atoms with van der Waals surface area (Å²) in [7, 11) is 0. The number of rotatable bonds is 5. The second-order valence-electron chi connectivity index (χ2n) is 4.58. The van der Waals surface area contributed by atoms with Crippen LogP contribution in [0, 0.1) is 6.92 Å². The van der Waals surface area contributed by atoms with Crippen molar-refractivity contribution in [2.24, 2.45) is 0 Å². The summed E-state index contributed by atoms with van der Waals surface area (Å²) in [4.78, 5) is 12.8. The summed E-state index contributed by atoms with van der Waals surface area (Å²) in [5, 5.41) is 4.75. The van der Waals surface area contributed by atoms with Gasteiger partial charge in [-0.05, 0) is 48.6 Å². The topological polar surface area (TPSA) is 38.3 Å². The quantitative estimate of drug-likeness (QED) is 0.901. The van der Waals surface area contributed by atoms with Crippen molar-refractivity contribution in [3.05, 3.63) is 51.7 Å². The van der Waals surface area contributed by atoms with E-state index in [4.69, 9.17) is 0 Å². The Kier molecular flexibility index (Phi) is 4.90. The van der Waals surface area contributed by atoms with E-state index in [0.29, 0.717) is 4.88 Å². The fraction of sp³-hybridized carbons (Fsp3) is 0.267. The predicted molar refractivity (Wildman–Crippen MR) is 78.0 cm³/mol. The van der Waals surface area contributed by atoms with Crippen molar-refractivity contribution >= 4 is 17.2 Å². The zero-order valence-electron chi connectivity index (χ0n) is 11.6. The molecule has 0 aliphatic carbocycles. The number of alkyl halides is 2. The van der Waals surface area contributed by atoms with Gasteiger partial charge in [-0.15, -0.1) is 11.3 Å². The highest BCUT2D eigenvalue weighted by atomic mass is 32.1. The molecule has 0 saturated heterocycles. The van der Waals surface area contributed by atoms with Gasteiger partial charge >= 0.3 is 6.61 Å². The van der Waals surface area contributed by atoms with Gasteiger partial charge in [-0.1, -0.05) is 12.1 Å². The molecule has 1 N–H and O–H groups in total. The average molecular weight is 311 g/mol. The van der Waals surface area contributed by atoms with Gasteiger partial charge in [-0.2, -0.15) is 8.78 Å². The minimum Gasteiger partial charge on any atom is -0.435 e.